The molecule has 1 unspecified atom stereocenters. The van der Waals surface area contributed by atoms with E-state index in [4.69, 9.17) is 0 Å². The van der Waals surface area contributed by atoms with Crippen molar-refractivity contribution in [2.24, 2.45) is 0 Å². The summed E-state index contributed by atoms with van der Waals surface area (Å²) in [6.07, 6.45) is 1.68. The normalized spacial score (nSPS) is 16.9. The van der Waals surface area contributed by atoms with E-state index < -0.39 is 0 Å². The topological polar surface area (TPSA) is 46.2 Å². The van der Waals surface area contributed by atoms with Crippen LogP contribution in [0.2, 0.25) is 0 Å². The Morgan fingerprint density at radius 1 is 1.00 bits per heavy atom. The van der Waals surface area contributed by atoms with Crippen LogP contribution in [-0.2, 0) is 9.59 Å². The van der Waals surface area contributed by atoms with Crippen LogP contribution in [0.1, 0.15) is 24.0 Å². The predicted octanol–water partition coefficient (Wildman–Crippen LogP) is 3.39. The van der Waals surface area contributed by atoms with E-state index in [9.17, 15) is 9.59 Å². The zero-order valence-corrected chi connectivity index (χ0v) is 11.7. The maximum Gasteiger partial charge on any atom is 0.259 e. The first-order valence-corrected chi connectivity index (χ1v) is 6.88. The third-order valence-corrected chi connectivity index (χ3v) is 3.70. The maximum absolute atomic E-state index is 12.4. The largest absolute Gasteiger partial charge is 0.322 e. The first-order chi connectivity index (χ1) is 10.2. The van der Waals surface area contributed by atoms with Gasteiger partial charge in [-0.15, -0.1) is 0 Å². The highest BCUT2D eigenvalue weighted by molar-refractivity contribution is 6.28. The second-order valence-corrected chi connectivity index (χ2v) is 5.09. The molecule has 0 spiro atoms. The van der Waals surface area contributed by atoms with E-state index in [-0.39, 0.29) is 23.2 Å². The maximum atomic E-state index is 12.4. The Hall–Kier alpha value is -2.68. The number of benzene rings is 2. The molecule has 0 saturated heterocycles. The molecule has 1 aliphatic carbocycles. The van der Waals surface area contributed by atoms with Gasteiger partial charge in [0.2, 0.25) is 0 Å². The number of Topliss-reactive ketones (excluding diaryl/α,β-unsaturated/α-hetero) is 1. The molecule has 0 radical (unpaired) electrons. The van der Waals surface area contributed by atoms with E-state index in [2.05, 4.69) is 5.32 Å². The molecule has 0 saturated carbocycles. The number of anilines is 1. The lowest BCUT2D eigenvalue weighted by atomic mass is 9.83. The van der Waals surface area contributed by atoms with Gasteiger partial charge in [-0.3, -0.25) is 9.59 Å². The number of carbonyl (C=O) groups is 2. The van der Waals surface area contributed by atoms with Crippen molar-refractivity contribution in [3.05, 3.63) is 71.3 Å². The van der Waals surface area contributed by atoms with Crippen molar-refractivity contribution in [1.29, 1.82) is 0 Å². The predicted molar refractivity (Wildman–Crippen MR) is 82.9 cm³/mol. The standard InChI is InChI=1S/C18H15NO2/c1-12-15-10-6-5-7-13(15)11-16(17(12)20)18(21)19-14-8-3-2-4-9-14/h2-12H,1H3,(H,19,21). The van der Waals surface area contributed by atoms with Crippen LogP contribution in [0.25, 0.3) is 6.08 Å². The lowest BCUT2D eigenvalue weighted by Gasteiger charge is -2.21. The van der Waals surface area contributed by atoms with Gasteiger partial charge >= 0.3 is 0 Å². The summed E-state index contributed by atoms with van der Waals surface area (Å²) < 4.78 is 0. The summed E-state index contributed by atoms with van der Waals surface area (Å²) in [7, 11) is 0. The summed E-state index contributed by atoms with van der Waals surface area (Å²) in [6.45, 7) is 1.84. The average Bonchev–Trinajstić information content (AvgIpc) is 2.52. The smallest absolute Gasteiger partial charge is 0.259 e. The van der Waals surface area contributed by atoms with Crippen molar-refractivity contribution in [1.82, 2.24) is 0 Å². The molecule has 3 nitrogen and oxygen atoms in total. The van der Waals surface area contributed by atoms with Gasteiger partial charge in [0.1, 0.15) is 0 Å². The van der Waals surface area contributed by atoms with Crippen molar-refractivity contribution in [2.75, 3.05) is 5.32 Å². The number of rotatable bonds is 2. The van der Waals surface area contributed by atoms with Gasteiger partial charge < -0.3 is 5.32 Å². The highest BCUT2D eigenvalue weighted by Crippen LogP contribution is 2.30. The Morgan fingerprint density at radius 2 is 1.67 bits per heavy atom. The van der Waals surface area contributed by atoms with Crippen LogP contribution >= 0.6 is 0 Å². The van der Waals surface area contributed by atoms with Crippen molar-refractivity contribution >= 4 is 23.5 Å². The third kappa shape index (κ3) is 2.50. The minimum absolute atomic E-state index is 0.137. The number of fused-ring (bicyclic) bond motifs is 1. The highest BCUT2D eigenvalue weighted by Gasteiger charge is 2.29. The summed E-state index contributed by atoms with van der Waals surface area (Å²) in [6, 6.07) is 16.8. The van der Waals surface area contributed by atoms with Crippen LogP contribution in [0.4, 0.5) is 5.69 Å². The molecular weight excluding hydrogens is 262 g/mol. The minimum atomic E-state index is -0.354. The van der Waals surface area contributed by atoms with E-state index in [0.717, 1.165) is 11.1 Å². The molecule has 0 aromatic heterocycles. The van der Waals surface area contributed by atoms with Gasteiger partial charge in [0.05, 0.1) is 5.57 Å². The molecule has 0 aliphatic heterocycles. The lowest BCUT2D eigenvalue weighted by molar-refractivity contribution is -0.120. The SMILES string of the molecule is CC1C(=O)C(C(=O)Nc2ccccc2)=Cc2ccccc21. The van der Waals surface area contributed by atoms with E-state index >= 15 is 0 Å². The van der Waals surface area contributed by atoms with E-state index in [1.54, 1.807) is 18.2 Å². The van der Waals surface area contributed by atoms with E-state index in [0.29, 0.717) is 5.69 Å². The van der Waals surface area contributed by atoms with Crippen molar-refractivity contribution in [3.63, 3.8) is 0 Å². The Morgan fingerprint density at radius 3 is 2.43 bits per heavy atom. The second kappa shape index (κ2) is 5.37. The molecule has 2 aromatic rings. The fourth-order valence-corrected chi connectivity index (χ4v) is 2.54. The third-order valence-electron chi connectivity index (χ3n) is 3.70. The Labute approximate surface area is 123 Å². The molecular formula is C18H15NO2. The molecule has 0 bridgehead atoms. The zero-order chi connectivity index (χ0) is 14.8. The molecule has 0 heterocycles. The van der Waals surface area contributed by atoms with Crippen LogP contribution in [0.3, 0.4) is 0 Å². The van der Waals surface area contributed by atoms with E-state index in [1.165, 1.54) is 0 Å². The highest BCUT2D eigenvalue weighted by atomic mass is 16.2. The molecule has 3 heteroatoms. The van der Waals surface area contributed by atoms with Crippen LogP contribution in [-0.4, -0.2) is 11.7 Å². The fourth-order valence-electron chi connectivity index (χ4n) is 2.54. The van der Waals surface area contributed by atoms with Gasteiger partial charge in [-0.25, -0.2) is 0 Å². The molecule has 0 fully saturated rings. The molecule has 1 amide bonds. The van der Waals surface area contributed by atoms with Crippen LogP contribution in [0.15, 0.2) is 60.2 Å². The number of amides is 1. The summed E-state index contributed by atoms with van der Waals surface area (Å²) >= 11 is 0. The van der Waals surface area contributed by atoms with Crippen molar-refractivity contribution < 1.29 is 9.59 Å². The number of hydrogen-bond acceptors (Lipinski definition) is 2. The first kappa shape index (κ1) is 13.3. The van der Waals surface area contributed by atoms with Gasteiger partial charge in [0.15, 0.2) is 5.78 Å². The average molecular weight is 277 g/mol. The molecule has 1 atom stereocenters. The minimum Gasteiger partial charge on any atom is -0.322 e. The number of hydrogen-bond donors (Lipinski definition) is 1. The Balaban J connectivity index is 1.93. The summed E-state index contributed by atoms with van der Waals surface area (Å²) in [5.74, 6) is -0.780. The van der Waals surface area contributed by atoms with Gasteiger partial charge in [-0.1, -0.05) is 49.4 Å². The fraction of sp³-hybridized carbons (Fsp3) is 0.111. The molecule has 2 aromatic carbocycles. The summed E-state index contributed by atoms with van der Waals surface area (Å²) in [5.41, 5.74) is 2.80. The molecule has 1 N–H and O–H groups in total. The zero-order valence-electron chi connectivity index (χ0n) is 11.7. The number of carbonyl (C=O) groups excluding carboxylic acids is 2. The molecule has 104 valence electrons. The van der Waals surface area contributed by atoms with Crippen molar-refractivity contribution in [2.45, 2.75) is 12.8 Å². The monoisotopic (exact) mass is 277 g/mol. The van der Waals surface area contributed by atoms with Gasteiger partial charge in [0.25, 0.3) is 5.91 Å². The van der Waals surface area contributed by atoms with Crippen LogP contribution in [0, 0.1) is 0 Å². The van der Waals surface area contributed by atoms with Gasteiger partial charge in [-0.2, -0.15) is 0 Å². The van der Waals surface area contributed by atoms with Crippen LogP contribution in [0.5, 0.6) is 0 Å². The van der Waals surface area contributed by atoms with Crippen molar-refractivity contribution in [3.8, 4) is 0 Å². The van der Waals surface area contributed by atoms with E-state index in [1.807, 2.05) is 49.4 Å². The number of nitrogens with one attached hydrogen (secondary N) is 1. The quantitative estimate of drug-likeness (QED) is 0.855. The second-order valence-electron chi connectivity index (χ2n) is 5.09. The lowest BCUT2D eigenvalue weighted by Crippen LogP contribution is -2.26. The Kier molecular flexibility index (Phi) is 3.40. The first-order valence-electron chi connectivity index (χ1n) is 6.88. The van der Waals surface area contributed by atoms with Crippen LogP contribution < -0.4 is 5.32 Å². The Bertz CT molecular complexity index is 732. The molecule has 21 heavy (non-hydrogen) atoms. The number of para-hydroxylation sites is 1. The molecule has 3 rings (SSSR count). The summed E-state index contributed by atoms with van der Waals surface area (Å²) in [4.78, 5) is 24.7. The van der Waals surface area contributed by atoms with Gasteiger partial charge in [0, 0.05) is 11.6 Å². The van der Waals surface area contributed by atoms with Gasteiger partial charge in [-0.05, 0) is 29.3 Å². The molecule has 1 aliphatic rings. The number of ketones is 1. The summed E-state index contributed by atoms with van der Waals surface area (Å²) in [5, 5.41) is 2.77.